The van der Waals surface area contributed by atoms with E-state index in [9.17, 15) is 18.0 Å². The lowest BCUT2D eigenvalue weighted by Crippen LogP contribution is -2.14. The van der Waals surface area contributed by atoms with E-state index >= 15 is 0 Å². The van der Waals surface area contributed by atoms with Gasteiger partial charge in [-0.05, 0) is 13.0 Å². The fourth-order valence-electron chi connectivity index (χ4n) is 1.48. The Labute approximate surface area is 116 Å². The zero-order valence-corrected chi connectivity index (χ0v) is 11.0. The van der Waals surface area contributed by atoms with Crippen LogP contribution in [0.15, 0.2) is 29.3 Å². The van der Waals surface area contributed by atoms with Crippen molar-refractivity contribution in [1.29, 1.82) is 0 Å². The molecule has 1 atom stereocenters. The van der Waals surface area contributed by atoms with Crippen LogP contribution in [0.3, 0.4) is 0 Å². The van der Waals surface area contributed by atoms with Gasteiger partial charge in [0.1, 0.15) is 10.3 Å². The Morgan fingerprint density at radius 1 is 1.30 bits per heavy atom. The molecule has 20 heavy (non-hydrogen) atoms. The van der Waals surface area contributed by atoms with Crippen molar-refractivity contribution in [3.05, 3.63) is 30.1 Å². The molecule has 0 saturated carbocycles. The van der Waals surface area contributed by atoms with Gasteiger partial charge in [-0.1, -0.05) is 30.0 Å². The van der Waals surface area contributed by atoms with E-state index in [1.807, 2.05) is 0 Å². The zero-order valence-electron chi connectivity index (χ0n) is 10.2. The number of alkyl halides is 3. The predicted octanol–water partition coefficient (Wildman–Crippen LogP) is 3.21. The molecule has 1 heterocycles. The van der Waals surface area contributed by atoms with Gasteiger partial charge in [0.25, 0.3) is 0 Å². The number of carbonyl (C=O) groups is 1. The van der Waals surface area contributed by atoms with Gasteiger partial charge in [0.15, 0.2) is 0 Å². The third-order valence-corrected chi connectivity index (χ3v) is 3.55. The van der Waals surface area contributed by atoms with Crippen molar-refractivity contribution in [2.24, 2.45) is 0 Å². The number of rotatable bonds is 3. The van der Waals surface area contributed by atoms with Crippen LogP contribution in [-0.2, 0) is 11.0 Å². The average Bonchev–Trinajstić information content (AvgIpc) is 2.37. The van der Waals surface area contributed by atoms with Gasteiger partial charge < -0.3 is 5.11 Å². The van der Waals surface area contributed by atoms with E-state index < -0.39 is 23.2 Å². The molecule has 1 aromatic heterocycles. The molecule has 106 valence electrons. The van der Waals surface area contributed by atoms with Crippen molar-refractivity contribution in [2.45, 2.75) is 23.4 Å². The van der Waals surface area contributed by atoms with E-state index in [1.54, 1.807) is 18.2 Å². The first-order chi connectivity index (χ1) is 9.29. The quantitative estimate of drug-likeness (QED) is 0.696. The Morgan fingerprint density at radius 3 is 2.55 bits per heavy atom. The number of aromatic nitrogens is 2. The highest BCUT2D eigenvalue weighted by Gasteiger charge is 2.35. The van der Waals surface area contributed by atoms with Gasteiger partial charge in [-0.15, -0.1) is 0 Å². The molecule has 4 nitrogen and oxygen atoms in total. The third-order valence-electron chi connectivity index (χ3n) is 2.46. The van der Waals surface area contributed by atoms with Crippen molar-refractivity contribution >= 4 is 28.6 Å². The van der Waals surface area contributed by atoms with Gasteiger partial charge in [0.2, 0.25) is 5.82 Å². The van der Waals surface area contributed by atoms with E-state index in [-0.39, 0.29) is 10.5 Å². The summed E-state index contributed by atoms with van der Waals surface area (Å²) in [5.41, 5.74) is 0.134. The number of nitrogens with zero attached hydrogens (tertiary/aromatic N) is 2. The van der Waals surface area contributed by atoms with Gasteiger partial charge >= 0.3 is 12.1 Å². The smallest absolute Gasteiger partial charge is 0.451 e. The SMILES string of the molecule is CC(Sc1nc(C(F)(F)F)nc2ccccc12)C(=O)O. The maximum absolute atomic E-state index is 12.7. The van der Waals surface area contributed by atoms with Crippen LogP contribution in [0.4, 0.5) is 13.2 Å². The van der Waals surface area contributed by atoms with Crippen molar-refractivity contribution in [3.63, 3.8) is 0 Å². The minimum atomic E-state index is -4.67. The minimum absolute atomic E-state index is 0.0119. The molecule has 2 aromatic rings. The first kappa shape index (κ1) is 14.6. The summed E-state index contributed by atoms with van der Waals surface area (Å²) in [6.45, 7) is 1.39. The number of carboxylic acids is 1. The fraction of sp³-hybridized carbons (Fsp3) is 0.250. The molecule has 0 aliphatic carbocycles. The largest absolute Gasteiger partial charge is 0.480 e. The Hall–Kier alpha value is -1.83. The van der Waals surface area contributed by atoms with Crippen LogP contribution in [0.25, 0.3) is 10.9 Å². The molecule has 1 aromatic carbocycles. The average molecular weight is 302 g/mol. The number of halogens is 3. The van der Waals surface area contributed by atoms with E-state index in [0.717, 1.165) is 11.8 Å². The maximum atomic E-state index is 12.7. The van der Waals surface area contributed by atoms with Gasteiger partial charge in [-0.3, -0.25) is 4.79 Å². The Kier molecular flexibility index (Phi) is 3.85. The number of fused-ring (bicyclic) bond motifs is 1. The second kappa shape index (κ2) is 5.28. The molecule has 8 heteroatoms. The number of hydrogen-bond acceptors (Lipinski definition) is 4. The van der Waals surface area contributed by atoms with Crippen molar-refractivity contribution in [1.82, 2.24) is 9.97 Å². The second-order valence-electron chi connectivity index (χ2n) is 3.97. The third kappa shape index (κ3) is 3.01. The molecule has 0 spiro atoms. The number of hydrogen-bond donors (Lipinski definition) is 1. The number of benzene rings is 1. The Morgan fingerprint density at radius 2 is 1.95 bits per heavy atom. The summed E-state index contributed by atoms with van der Waals surface area (Å²) < 4.78 is 38.2. The molecule has 0 saturated heterocycles. The maximum Gasteiger partial charge on any atom is 0.451 e. The standard InChI is InChI=1S/C12H9F3N2O2S/c1-6(10(18)19)20-9-7-4-2-3-5-8(7)16-11(17-9)12(13,14)15/h2-6H,1H3,(H,18,19). The minimum Gasteiger partial charge on any atom is -0.480 e. The van der Waals surface area contributed by atoms with Gasteiger partial charge in [0.05, 0.1) is 5.52 Å². The molecule has 2 rings (SSSR count). The van der Waals surface area contributed by atoms with E-state index in [2.05, 4.69) is 9.97 Å². The summed E-state index contributed by atoms with van der Waals surface area (Å²) >= 11 is 0.761. The molecule has 0 bridgehead atoms. The van der Waals surface area contributed by atoms with Gasteiger partial charge in [-0.25, -0.2) is 9.97 Å². The lowest BCUT2D eigenvalue weighted by Gasteiger charge is -2.11. The van der Waals surface area contributed by atoms with Crippen LogP contribution in [0.5, 0.6) is 0 Å². The fourth-order valence-corrected chi connectivity index (χ4v) is 2.36. The normalized spacial score (nSPS) is 13.4. The molecular formula is C12H9F3N2O2S. The van der Waals surface area contributed by atoms with Crippen LogP contribution < -0.4 is 0 Å². The van der Waals surface area contributed by atoms with Gasteiger partial charge in [0, 0.05) is 5.39 Å². The van der Waals surface area contributed by atoms with Crippen molar-refractivity contribution in [2.75, 3.05) is 0 Å². The van der Waals surface area contributed by atoms with E-state index in [4.69, 9.17) is 5.11 Å². The first-order valence-electron chi connectivity index (χ1n) is 5.52. The molecule has 0 radical (unpaired) electrons. The first-order valence-corrected chi connectivity index (χ1v) is 6.40. The molecule has 0 amide bonds. The number of aliphatic carboxylic acids is 1. The zero-order chi connectivity index (χ0) is 14.9. The van der Waals surface area contributed by atoms with Crippen molar-refractivity contribution < 1.29 is 23.1 Å². The number of para-hydroxylation sites is 1. The topological polar surface area (TPSA) is 63.1 Å². The summed E-state index contributed by atoms with van der Waals surface area (Å²) in [6, 6.07) is 6.19. The summed E-state index contributed by atoms with van der Waals surface area (Å²) in [6.07, 6.45) is -4.67. The second-order valence-corrected chi connectivity index (χ2v) is 5.30. The Bertz CT molecular complexity index is 661. The predicted molar refractivity (Wildman–Crippen MR) is 67.5 cm³/mol. The van der Waals surface area contributed by atoms with Gasteiger partial charge in [-0.2, -0.15) is 13.2 Å². The molecule has 0 fully saturated rings. The molecule has 1 N–H and O–H groups in total. The van der Waals surface area contributed by atoms with Crippen LogP contribution in [-0.4, -0.2) is 26.3 Å². The molecular weight excluding hydrogens is 293 g/mol. The summed E-state index contributed by atoms with van der Waals surface area (Å²) in [4.78, 5) is 17.8. The molecule has 0 aliphatic heterocycles. The highest BCUT2D eigenvalue weighted by Crippen LogP contribution is 2.33. The lowest BCUT2D eigenvalue weighted by molar-refractivity contribution is -0.145. The summed E-state index contributed by atoms with van der Waals surface area (Å²) in [5, 5.41) is 8.36. The Balaban J connectivity index is 2.58. The summed E-state index contributed by atoms with van der Waals surface area (Å²) in [7, 11) is 0. The lowest BCUT2D eigenvalue weighted by atomic mass is 10.2. The number of thioether (sulfide) groups is 1. The highest BCUT2D eigenvalue weighted by atomic mass is 32.2. The number of carboxylic acid groups (broad SMARTS) is 1. The van der Waals surface area contributed by atoms with Crippen LogP contribution in [0.1, 0.15) is 12.7 Å². The van der Waals surface area contributed by atoms with Crippen LogP contribution in [0, 0.1) is 0 Å². The summed E-state index contributed by atoms with van der Waals surface area (Å²) in [5.74, 6) is -2.39. The monoisotopic (exact) mass is 302 g/mol. The highest BCUT2D eigenvalue weighted by molar-refractivity contribution is 8.00. The molecule has 1 unspecified atom stereocenters. The van der Waals surface area contributed by atoms with Crippen LogP contribution in [0.2, 0.25) is 0 Å². The van der Waals surface area contributed by atoms with E-state index in [1.165, 1.54) is 13.0 Å². The van der Waals surface area contributed by atoms with Crippen LogP contribution >= 0.6 is 11.8 Å². The van der Waals surface area contributed by atoms with Crippen molar-refractivity contribution in [3.8, 4) is 0 Å². The molecule has 0 aliphatic rings. The van der Waals surface area contributed by atoms with E-state index in [0.29, 0.717) is 5.39 Å².